The topological polar surface area (TPSA) is 57.7 Å². The molecule has 2 aliphatic rings. The second kappa shape index (κ2) is 10.7. The maximum Gasteiger partial charge on any atom is 0.256 e. The number of anilines is 1. The van der Waals surface area contributed by atoms with Crippen LogP contribution in [0.15, 0.2) is 42.6 Å². The molecule has 1 aromatic carbocycles. The molecule has 2 aromatic rings. The Morgan fingerprint density at radius 3 is 2.55 bits per heavy atom. The number of benzene rings is 1. The summed E-state index contributed by atoms with van der Waals surface area (Å²) in [6, 6.07) is 11.7. The van der Waals surface area contributed by atoms with Gasteiger partial charge in [0, 0.05) is 44.5 Å². The average molecular weight is 439 g/mol. The van der Waals surface area contributed by atoms with E-state index in [1.54, 1.807) is 13.3 Å². The molecule has 158 valence electrons. The lowest BCUT2D eigenvalue weighted by Gasteiger charge is -2.37. The highest BCUT2D eigenvalue weighted by Crippen LogP contribution is 2.31. The number of halogens is 2. The number of pyridine rings is 1. The summed E-state index contributed by atoms with van der Waals surface area (Å²) < 4.78 is 5.52. The Morgan fingerprint density at radius 1 is 1.10 bits per heavy atom. The molecule has 1 unspecified atom stereocenters. The molecule has 3 heterocycles. The number of para-hydroxylation sites is 1. The van der Waals surface area contributed by atoms with Crippen LogP contribution in [-0.2, 0) is 0 Å². The van der Waals surface area contributed by atoms with Crippen LogP contribution in [0.5, 0.6) is 5.75 Å². The van der Waals surface area contributed by atoms with Crippen molar-refractivity contribution in [2.24, 2.45) is 0 Å². The highest BCUT2D eigenvalue weighted by atomic mass is 35.5. The molecule has 1 N–H and O–H groups in total. The Hall–Kier alpha value is -2.02. The van der Waals surface area contributed by atoms with E-state index in [0.29, 0.717) is 18.7 Å². The van der Waals surface area contributed by atoms with Crippen molar-refractivity contribution in [2.75, 3.05) is 44.7 Å². The number of carbonyl (C=O) groups excluding carboxylic acids is 1. The first-order chi connectivity index (χ1) is 13.3. The molecule has 4 rings (SSSR count). The molecular formula is C21H28Cl2N4O2. The molecule has 0 spiro atoms. The normalized spacial score (nSPS) is 18.6. The third kappa shape index (κ3) is 4.94. The molecule has 2 saturated heterocycles. The summed E-state index contributed by atoms with van der Waals surface area (Å²) >= 11 is 0. The molecular weight excluding hydrogens is 411 g/mol. The number of amides is 1. The largest absolute Gasteiger partial charge is 0.496 e. The highest BCUT2D eigenvalue weighted by Gasteiger charge is 2.30. The smallest absolute Gasteiger partial charge is 0.256 e. The van der Waals surface area contributed by atoms with Crippen LogP contribution >= 0.6 is 24.8 Å². The quantitative estimate of drug-likeness (QED) is 0.792. The number of aromatic nitrogens is 1. The minimum absolute atomic E-state index is 0. The van der Waals surface area contributed by atoms with Gasteiger partial charge in [-0.15, -0.1) is 24.8 Å². The third-order valence-electron chi connectivity index (χ3n) is 5.43. The van der Waals surface area contributed by atoms with E-state index in [9.17, 15) is 4.79 Å². The van der Waals surface area contributed by atoms with Gasteiger partial charge in [-0.3, -0.25) is 4.79 Å². The number of ether oxygens (including phenoxy) is 1. The minimum Gasteiger partial charge on any atom is -0.496 e. The zero-order valence-electron chi connectivity index (χ0n) is 16.5. The Labute approximate surface area is 184 Å². The van der Waals surface area contributed by atoms with E-state index in [-0.39, 0.29) is 36.8 Å². The van der Waals surface area contributed by atoms with Crippen molar-refractivity contribution in [2.45, 2.75) is 18.9 Å². The number of carbonyl (C=O) groups is 1. The molecule has 8 heteroatoms. The summed E-state index contributed by atoms with van der Waals surface area (Å²) in [5.41, 5.74) is 1.67. The number of methoxy groups -OCH3 is 1. The van der Waals surface area contributed by atoms with E-state index >= 15 is 0 Å². The predicted octanol–water partition coefficient (Wildman–Crippen LogP) is 3.32. The fourth-order valence-corrected chi connectivity index (χ4v) is 3.98. The second-order valence-electron chi connectivity index (χ2n) is 7.06. The fourth-order valence-electron chi connectivity index (χ4n) is 3.98. The van der Waals surface area contributed by atoms with Crippen LogP contribution in [0.25, 0.3) is 0 Å². The van der Waals surface area contributed by atoms with Gasteiger partial charge in [-0.05, 0) is 31.0 Å². The highest BCUT2D eigenvalue weighted by molar-refractivity contribution is 5.94. The van der Waals surface area contributed by atoms with Gasteiger partial charge in [0.25, 0.3) is 5.91 Å². The van der Waals surface area contributed by atoms with Crippen molar-refractivity contribution >= 4 is 36.5 Å². The van der Waals surface area contributed by atoms with Crippen LogP contribution in [0, 0.1) is 0 Å². The number of nitrogens with one attached hydrogen (secondary N) is 1. The number of hydrogen-bond acceptors (Lipinski definition) is 5. The van der Waals surface area contributed by atoms with Crippen molar-refractivity contribution in [3.63, 3.8) is 0 Å². The summed E-state index contributed by atoms with van der Waals surface area (Å²) in [5.74, 6) is 1.80. The Bertz CT molecular complexity index is 798. The van der Waals surface area contributed by atoms with Gasteiger partial charge in [-0.2, -0.15) is 0 Å². The van der Waals surface area contributed by atoms with Gasteiger partial charge >= 0.3 is 0 Å². The monoisotopic (exact) mass is 438 g/mol. The van der Waals surface area contributed by atoms with Crippen LogP contribution in [-0.4, -0.2) is 55.6 Å². The molecule has 0 bridgehead atoms. The van der Waals surface area contributed by atoms with Crippen molar-refractivity contribution in [3.8, 4) is 5.75 Å². The SMILES string of the molecule is COc1ccccc1C1CNCCN1C(=O)c1ccc(N2CCCC2)nc1.Cl.Cl. The van der Waals surface area contributed by atoms with Crippen molar-refractivity contribution in [1.29, 1.82) is 0 Å². The fraction of sp³-hybridized carbons (Fsp3) is 0.429. The molecule has 2 aliphatic heterocycles. The minimum atomic E-state index is -0.0549. The molecule has 1 aromatic heterocycles. The molecule has 6 nitrogen and oxygen atoms in total. The Balaban J connectivity index is 0.00000150. The van der Waals surface area contributed by atoms with Crippen LogP contribution in [0.3, 0.4) is 0 Å². The lowest BCUT2D eigenvalue weighted by atomic mass is 10.0. The van der Waals surface area contributed by atoms with E-state index in [4.69, 9.17) is 4.74 Å². The molecule has 0 radical (unpaired) electrons. The number of hydrogen-bond donors (Lipinski definition) is 1. The number of rotatable bonds is 4. The van der Waals surface area contributed by atoms with Crippen molar-refractivity contribution < 1.29 is 9.53 Å². The summed E-state index contributed by atoms with van der Waals surface area (Å²) in [6.07, 6.45) is 4.14. The van der Waals surface area contributed by atoms with Gasteiger partial charge in [-0.1, -0.05) is 18.2 Å². The maximum atomic E-state index is 13.2. The van der Waals surface area contributed by atoms with Gasteiger partial charge in [0.05, 0.1) is 18.7 Å². The molecule has 1 atom stereocenters. The van der Waals surface area contributed by atoms with Crippen LogP contribution in [0.4, 0.5) is 5.82 Å². The Morgan fingerprint density at radius 2 is 1.86 bits per heavy atom. The van der Waals surface area contributed by atoms with Crippen molar-refractivity contribution in [1.82, 2.24) is 15.2 Å². The first kappa shape index (κ1) is 23.3. The molecule has 29 heavy (non-hydrogen) atoms. The van der Waals surface area contributed by atoms with Gasteiger partial charge in [0.15, 0.2) is 0 Å². The first-order valence-corrected chi connectivity index (χ1v) is 9.63. The summed E-state index contributed by atoms with van der Waals surface area (Å²) in [5, 5.41) is 3.40. The zero-order chi connectivity index (χ0) is 18.6. The van der Waals surface area contributed by atoms with E-state index in [1.807, 2.05) is 41.3 Å². The van der Waals surface area contributed by atoms with E-state index in [1.165, 1.54) is 12.8 Å². The van der Waals surface area contributed by atoms with Gasteiger partial charge in [0.2, 0.25) is 0 Å². The maximum absolute atomic E-state index is 13.2. The lowest BCUT2D eigenvalue weighted by Crippen LogP contribution is -2.48. The summed E-state index contributed by atoms with van der Waals surface area (Å²) in [4.78, 5) is 22.0. The number of nitrogens with zero attached hydrogens (tertiary/aromatic N) is 3. The zero-order valence-corrected chi connectivity index (χ0v) is 18.2. The van der Waals surface area contributed by atoms with Gasteiger partial charge < -0.3 is 19.9 Å². The van der Waals surface area contributed by atoms with E-state index in [2.05, 4.69) is 15.2 Å². The molecule has 2 fully saturated rings. The first-order valence-electron chi connectivity index (χ1n) is 9.63. The summed E-state index contributed by atoms with van der Waals surface area (Å²) in [7, 11) is 1.67. The van der Waals surface area contributed by atoms with Crippen molar-refractivity contribution in [3.05, 3.63) is 53.7 Å². The summed E-state index contributed by atoms with van der Waals surface area (Å²) in [6.45, 7) is 4.26. The third-order valence-corrected chi connectivity index (χ3v) is 5.43. The Kier molecular flexibility index (Phi) is 8.56. The van der Waals surface area contributed by atoms with E-state index < -0.39 is 0 Å². The standard InChI is InChI=1S/C21H26N4O2.2ClH/c1-27-19-7-3-2-6-17(19)18-15-22-10-13-25(18)21(26)16-8-9-20(23-14-16)24-11-4-5-12-24;;/h2-3,6-9,14,18,22H,4-5,10-13,15H2,1H3;2*1H. The van der Waals surface area contributed by atoms with Gasteiger partial charge in [0.1, 0.15) is 11.6 Å². The second-order valence-corrected chi connectivity index (χ2v) is 7.06. The predicted molar refractivity (Wildman–Crippen MR) is 120 cm³/mol. The lowest BCUT2D eigenvalue weighted by molar-refractivity contribution is 0.0631. The molecule has 1 amide bonds. The van der Waals surface area contributed by atoms with Crippen LogP contribution < -0.4 is 15.0 Å². The van der Waals surface area contributed by atoms with Gasteiger partial charge in [-0.25, -0.2) is 4.98 Å². The molecule has 0 saturated carbocycles. The number of piperazine rings is 1. The van der Waals surface area contributed by atoms with Crippen LogP contribution in [0.2, 0.25) is 0 Å². The average Bonchev–Trinajstić information content (AvgIpc) is 3.28. The molecule has 0 aliphatic carbocycles. The van der Waals surface area contributed by atoms with E-state index in [0.717, 1.165) is 36.8 Å². The van der Waals surface area contributed by atoms with Crippen LogP contribution in [0.1, 0.15) is 34.8 Å².